The maximum atomic E-state index is 6.19. The molecule has 94 valence electrons. The van der Waals surface area contributed by atoms with Crippen molar-refractivity contribution in [2.24, 2.45) is 5.92 Å². The van der Waals surface area contributed by atoms with Crippen LogP contribution in [0.1, 0.15) is 38.4 Å². The summed E-state index contributed by atoms with van der Waals surface area (Å²) in [6.07, 6.45) is 7.56. The van der Waals surface area contributed by atoms with Gasteiger partial charge in [-0.2, -0.15) is 0 Å². The molecule has 1 heteroatoms. The van der Waals surface area contributed by atoms with E-state index in [1.807, 2.05) is 25.1 Å². The van der Waals surface area contributed by atoms with Crippen LogP contribution in [0, 0.1) is 18.3 Å². The molecule has 1 aromatic carbocycles. The summed E-state index contributed by atoms with van der Waals surface area (Å²) in [5, 5.41) is 0. The van der Waals surface area contributed by atoms with Gasteiger partial charge >= 0.3 is 0 Å². The van der Waals surface area contributed by atoms with Crippen molar-refractivity contribution in [3.8, 4) is 12.3 Å². The fourth-order valence-electron chi connectivity index (χ4n) is 2.56. The molecular weight excluding hydrogens is 220 g/mol. The van der Waals surface area contributed by atoms with Crippen molar-refractivity contribution < 1.29 is 4.74 Å². The molecule has 0 aliphatic carbocycles. The van der Waals surface area contributed by atoms with Gasteiger partial charge in [0.15, 0.2) is 0 Å². The molecule has 0 unspecified atom stereocenters. The Morgan fingerprint density at radius 3 is 2.67 bits per heavy atom. The second-order valence-electron chi connectivity index (χ2n) is 5.32. The zero-order chi connectivity index (χ0) is 13.2. The van der Waals surface area contributed by atoms with E-state index in [-0.39, 0.29) is 6.10 Å². The molecule has 1 aliphatic heterocycles. The first-order valence-electron chi connectivity index (χ1n) is 6.42. The van der Waals surface area contributed by atoms with Crippen molar-refractivity contribution in [3.63, 3.8) is 0 Å². The van der Waals surface area contributed by atoms with E-state index in [0.717, 1.165) is 12.8 Å². The van der Waals surface area contributed by atoms with Crippen LogP contribution in [-0.4, -0.2) is 5.60 Å². The minimum Gasteiger partial charge on any atom is -0.354 e. The van der Waals surface area contributed by atoms with Crippen molar-refractivity contribution in [2.45, 2.75) is 38.4 Å². The number of ether oxygens (including phenoxy) is 1. The van der Waals surface area contributed by atoms with Crippen LogP contribution in [0.4, 0.5) is 0 Å². The zero-order valence-electron chi connectivity index (χ0n) is 11.1. The molecule has 0 aromatic heterocycles. The predicted molar refractivity (Wildman–Crippen MR) is 75.0 cm³/mol. The van der Waals surface area contributed by atoms with E-state index >= 15 is 0 Å². The summed E-state index contributed by atoms with van der Waals surface area (Å²) in [6.45, 7) is 8.17. The van der Waals surface area contributed by atoms with Crippen LogP contribution in [0.2, 0.25) is 0 Å². The molecule has 0 radical (unpaired) electrons. The van der Waals surface area contributed by atoms with Gasteiger partial charge in [0, 0.05) is 5.92 Å². The number of terminal acetylenes is 1. The highest BCUT2D eigenvalue weighted by Crippen LogP contribution is 2.43. The fraction of sp³-hybridized carbons (Fsp3) is 0.412. The number of benzene rings is 1. The van der Waals surface area contributed by atoms with Gasteiger partial charge in [0.2, 0.25) is 0 Å². The molecular formula is C17H20O. The maximum absolute atomic E-state index is 6.19. The average Bonchev–Trinajstić information content (AvgIpc) is 2.39. The van der Waals surface area contributed by atoms with Crippen molar-refractivity contribution in [2.75, 3.05) is 0 Å². The Morgan fingerprint density at radius 1 is 1.44 bits per heavy atom. The number of hydrogen-bond acceptors (Lipinski definition) is 1. The number of rotatable bonds is 2. The summed E-state index contributed by atoms with van der Waals surface area (Å²) < 4.78 is 6.19. The van der Waals surface area contributed by atoms with Gasteiger partial charge in [-0.3, -0.25) is 0 Å². The molecule has 0 N–H and O–H groups in total. The SMILES string of the molecule is C#C[C@]1(C)CC[C@H](C(=C)C)[C@@H](c2ccccc2)O1. The third-order valence-corrected chi connectivity index (χ3v) is 3.75. The van der Waals surface area contributed by atoms with Crippen LogP contribution in [0.3, 0.4) is 0 Å². The van der Waals surface area contributed by atoms with Gasteiger partial charge in [0.05, 0.1) is 6.10 Å². The van der Waals surface area contributed by atoms with Gasteiger partial charge in [-0.25, -0.2) is 0 Å². The second kappa shape index (κ2) is 5.00. The van der Waals surface area contributed by atoms with Gasteiger partial charge < -0.3 is 4.74 Å². The molecule has 3 atom stereocenters. The van der Waals surface area contributed by atoms with Crippen LogP contribution in [0.15, 0.2) is 42.5 Å². The fourth-order valence-corrected chi connectivity index (χ4v) is 2.56. The topological polar surface area (TPSA) is 9.23 Å². The summed E-state index contributed by atoms with van der Waals surface area (Å²) in [5.41, 5.74) is 1.90. The van der Waals surface area contributed by atoms with Crippen LogP contribution >= 0.6 is 0 Å². The quantitative estimate of drug-likeness (QED) is 0.558. The molecule has 1 saturated heterocycles. The minimum atomic E-state index is -0.452. The normalized spacial score (nSPS) is 31.6. The van der Waals surface area contributed by atoms with Crippen molar-refractivity contribution in [1.29, 1.82) is 0 Å². The Morgan fingerprint density at radius 2 is 2.11 bits per heavy atom. The average molecular weight is 240 g/mol. The molecule has 0 spiro atoms. The molecule has 2 rings (SSSR count). The Kier molecular flexibility index (Phi) is 3.59. The lowest BCUT2D eigenvalue weighted by atomic mass is 9.80. The van der Waals surface area contributed by atoms with E-state index in [2.05, 4.69) is 31.6 Å². The van der Waals surface area contributed by atoms with Crippen molar-refractivity contribution >= 4 is 0 Å². The lowest BCUT2D eigenvalue weighted by Gasteiger charge is -2.41. The third-order valence-electron chi connectivity index (χ3n) is 3.75. The lowest BCUT2D eigenvalue weighted by Crippen LogP contribution is -2.37. The molecule has 18 heavy (non-hydrogen) atoms. The van der Waals surface area contributed by atoms with Crippen molar-refractivity contribution in [1.82, 2.24) is 0 Å². The molecule has 1 heterocycles. The summed E-state index contributed by atoms with van der Waals surface area (Å²) in [5.74, 6) is 3.14. The molecule has 0 saturated carbocycles. The van der Waals surface area contributed by atoms with Crippen molar-refractivity contribution in [3.05, 3.63) is 48.0 Å². The van der Waals surface area contributed by atoms with Gasteiger partial charge in [0.1, 0.15) is 5.60 Å². The van der Waals surface area contributed by atoms with Crippen LogP contribution < -0.4 is 0 Å². The highest BCUT2D eigenvalue weighted by atomic mass is 16.5. The van der Waals surface area contributed by atoms with Gasteiger partial charge in [0.25, 0.3) is 0 Å². The van der Waals surface area contributed by atoms with E-state index in [0.29, 0.717) is 5.92 Å². The Bertz CT molecular complexity index is 468. The summed E-state index contributed by atoms with van der Waals surface area (Å²) >= 11 is 0. The summed E-state index contributed by atoms with van der Waals surface area (Å²) in [4.78, 5) is 0. The molecule has 0 bridgehead atoms. The third kappa shape index (κ3) is 2.49. The van der Waals surface area contributed by atoms with Gasteiger partial charge in [-0.1, -0.05) is 48.4 Å². The smallest absolute Gasteiger partial charge is 0.126 e. The highest BCUT2D eigenvalue weighted by molar-refractivity contribution is 5.23. The van der Waals surface area contributed by atoms with Gasteiger partial charge in [-0.05, 0) is 32.3 Å². The van der Waals surface area contributed by atoms with E-state index in [1.165, 1.54) is 11.1 Å². The second-order valence-corrected chi connectivity index (χ2v) is 5.32. The van der Waals surface area contributed by atoms with E-state index in [9.17, 15) is 0 Å². The minimum absolute atomic E-state index is 0.0264. The molecule has 0 amide bonds. The highest BCUT2D eigenvalue weighted by Gasteiger charge is 2.38. The van der Waals surface area contributed by atoms with E-state index in [4.69, 9.17) is 11.2 Å². The molecule has 1 nitrogen and oxygen atoms in total. The van der Waals surface area contributed by atoms with Gasteiger partial charge in [-0.15, -0.1) is 6.42 Å². The largest absolute Gasteiger partial charge is 0.354 e. The monoisotopic (exact) mass is 240 g/mol. The maximum Gasteiger partial charge on any atom is 0.126 e. The Labute approximate surface area is 110 Å². The van der Waals surface area contributed by atoms with E-state index < -0.39 is 5.60 Å². The Balaban J connectivity index is 2.32. The molecule has 1 fully saturated rings. The zero-order valence-corrected chi connectivity index (χ0v) is 11.1. The summed E-state index contributed by atoms with van der Waals surface area (Å²) in [7, 11) is 0. The van der Waals surface area contributed by atoms with Crippen LogP contribution in [0.25, 0.3) is 0 Å². The van der Waals surface area contributed by atoms with Crippen LogP contribution in [0.5, 0.6) is 0 Å². The van der Waals surface area contributed by atoms with E-state index in [1.54, 1.807) is 0 Å². The Hall–Kier alpha value is -1.52. The lowest BCUT2D eigenvalue weighted by molar-refractivity contribution is -0.107. The molecule has 1 aromatic rings. The summed E-state index contributed by atoms with van der Waals surface area (Å²) in [6, 6.07) is 10.3. The first-order chi connectivity index (χ1) is 8.56. The first-order valence-corrected chi connectivity index (χ1v) is 6.42. The number of hydrogen-bond donors (Lipinski definition) is 0. The standard InChI is InChI=1S/C17H20O/c1-5-17(4)12-11-15(13(2)3)16(18-17)14-9-7-6-8-10-14/h1,6-10,15-16H,2,11-12H2,3-4H3/t15-,16-,17-/m1/s1. The molecule has 1 aliphatic rings. The predicted octanol–water partition coefficient (Wildman–Crippen LogP) is 4.12. The first kappa shape index (κ1) is 12.9. The van der Waals surface area contributed by atoms with Crippen LogP contribution in [-0.2, 0) is 4.74 Å².